The summed E-state index contributed by atoms with van der Waals surface area (Å²) in [6.07, 6.45) is 0.440. The zero-order valence-corrected chi connectivity index (χ0v) is 13.4. The highest BCUT2D eigenvalue weighted by Gasteiger charge is 2.23. The molecule has 0 saturated carbocycles. The molecule has 23 heavy (non-hydrogen) atoms. The van der Waals surface area contributed by atoms with E-state index < -0.39 is 0 Å². The van der Waals surface area contributed by atoms with Gasteiger partial charge in [-0.15, -0.1) is 0 Å². The number of nitrogens with zero attached hydrogens (tertiary/aromatic N) is 1. The molecule has 0 saturated heterocycles. The van der Waals surface area contributed by atoms with Gasteiger partial charge >= 0.3 is 0 Å². The highest BCUT2D eigenvalue weighted by Crippen LogP contribution is 2.32. The molecule has 0 bridgehead atoms. The molecule has 116 valence electrons. The first-order valence-corrected chi connectivity index (χ1v) is 7.81. The molecule has 0 aliphatic carbocycles. The molecule has 0 aliphatic rings. The molecule has 2 aromatic carbocycles. The van der Waals surface area contributed by atoms with Gasteiger partial charge in [-0.25, -0.2) is 0 Å². The van der Waals surface area contributed by atoms with Gasteiger partial charge in [0.1, 0.15) is 0 Å². The number of Topliss-reactive ketones (excluding diaryl/α,β-unsaturated/α-hetero) is 1. The summed E-state index contributed by atoms with van der Waals surface area (Å²) in [6, 6.07) is 19.7. The molecule has 0 radical (unpaired) electrons. The van der Waals surface area contributed by atoms with Crippen molar-refractivity contribution in [3.63, 3.8) is 0 Å². The minimum absolute atomic E-state index is 0.0163. The Kier molecular flexibility index (Phi) is 4.38. The summed E-state index contributed by atoms with van der Waals surface area (Å²) in [4.78, 5) is 12.7. The molecular formula is C20H20N2O. The SMILES string of the molecule is Cc1n[nH]c(C)c1C(CC(=O)c1ccccc1)c1ccccc1. The van der Waals surface area contributed by atoms with E-state index >= 15 is 0 Å². The maximum Gasteiger partial charge on any atom is 0.163 e. The first-order chi connectivity index (χ1) is 11.2. The van der Waals surface area contributed by atoms with Crippen LogP contribution in [-0.2, 0) is 0 Å². The number of aromatic amines is 1. The third-order valence-corrected chi connectivity index (χ3v) is 4.22. The average molecular weight is 304 g/mol. The van der Waals surface area contributed by atoms with E-state index in [9.17, 15) is 4.79 Å². The van der Waals surface area contributed by atoms with Gasteiger partial charge in [-0.2, -0.15) is 5.10 Å². The molecule has 0 amide bonds. The number of carbonyl (C=O) groups excluding carboxylic acids is 1. The van der Waals surface area contributed by atoms with Crippen LogP contribution >= 0.6 is 0 Å². The Labute approximate surface area is 136 Å². The van der Waals surface area contributed by atoms with Gasteiger partial charge in [0.25, 0.3) is 0 Å². The predicted octanol–water partition coefficient (Wildman–Crippen LogP) is 4.43. The summed E-state index contributed by atoms with van der Waals surface area (Å²) in [6.45, 7) is 4.00. The van der Waals surface area contributed by atoms with E-state index in [2.05, 4.69) is 22.3 Å². The van der Waals surface area contributed by atoms with Crippen LogP contribution in [0.15, 0.2) is 60.7 Å². The second kappa shape index (κ2) is 6.61. The number of rotatable bonds is 5. The van der Waals surface area contributed by atoms with Crippen molar-refractivity contribution < 1.29 is 4.79 Å². The second-order valence-corrected chi connectivity index (χ2v) is 5.80. The number of nitrogens with one attached hydrogen (secondary N) is 1. The summed E-state index contributed by atoms with van der Waals surface area (Å²) < 4.78 is 0. The monoisotopic (exact) mass is 304 g/mol. The molecule has 1 unspecified atom stereocenters. The first-order valence-electron chi connectivity index (χ1n) is 7.81. The van der Waals surface area contributed by atoms with Crippen LogP contribution in [0.25, 0.3) is 0 Å². The molecule has 3 heteroatoms. The van der Waals surface area contributed by atoms with Crippen molar-refractivity contribution in [2.24, 2.45) is 0 Å². The summed E-state index contributed by atoms with van der Waals surface area (Å²) in [7, 11) is 0. The van der Waals surface area contributed by atoms with E-state index in [0.29, 0.717) is 6.42 Å². The van der Waals surface area contributed by atoms with Crippen molar-refractivity contribution in [2.75, 3.05) is 0 Å². The number of benzene rings is 2. The fourth-order valence-corrected chi connectivity index (χ4v) is 3.07. The van der Waals surface area contributed by atoms with E-state index in [1.165, 1.54) is 0 Å². The highest BCUT2D eigenvalue weighted by atomic mass is 16.1. The van der Waals surface area contributed by atoms with Crippen LogP contribution < -0.4 is 0 Å². The summed E-state index contributed by atoms with van der Waals surface area (Å²) in [5.74, 6) is 0.169. The Morgan fingerprint density at radius 3 is 2.17 bits per heavy atom. The zero-order chi connectivity index (χ0) is 16.2. The van der Waals surface area contributed by atoms with E-state index in [1.54, 1.807) is 0 Å². The van der Waals surface area contributed by atoms with Gasteiger partial charge in [0.2, 0.25) is 0 Å². The van der Waals surface area contributed by atoms with Gasteiger partial charge in [-0.05, 0) is 19.4 Å². The van der Waals surface area contributed by atoms with Crippen LogP contribution in [0.2, 0.25) is 0 Å². The van der Waals surface area contributed by atoms with Crippen LogP contribution in [0.1, 0.15) is 45.2 Å². The summed E-state index contributed by atoms with van der Waals surface area (Å²) >= 11 is 0. The third kappa shape index (κ3) is 3.24. The first kappa shape index (κ1) is 15.2. The van der Waals surface area contributed by atoms with Gasteiger partial charge in [-0.1, -0.05) is 60.7 Å². The molecule has 1 atom stereocenters. The number of aryl methyl sites for hydroxylation is 2. The van der Waals surface area contributed by atoms with Crippen LogP contribution in [0.5, 0.6) is 0 Å². The minimum atomic E-state index is 0.0163. The van der Waals surface area contributed by atoms with Gasteiger partial charge in [0.05, 0.1) is 5.69 Å². The minimum Gasteiger partial charge on any atom is -0.294 e. The maximum atomic E-state index is 12.7. The van der Waals surface area contributed by atoms with Crippen LogP contribution in [0, 0.1) is 13.8 Å². The standard InChI is InChI=1S/C20H20N2O/c1-14-20(15(2)22-21-14)18(16-9-5-3-6-10-16)13-19(23)17-11-7-4-8-12-17/h3-12,18H,13H2,1-2H3,(H,21,22). The average Bonchev–Trinajstić information content (AvgIpc) is 2.93. The normalized spacial score (nSPS) is 12.1. The number of carbonyl (C=O) groups is 1. The predicted molar refractivity (Wildman–Crippen MR) is 91.7 cm³/mol. The maximum absolute atomic E-state index is 12.7. The van der Waals surface area contributed by atoms with Crippen molar-refractivity contribution >= 4 is 5.78 Å². The zero-order valence-electron chi connectivity index (χ0n) is 13.4. The Hall–Kier alpha value is -2.68. The lowest BCUT2D eigenvalue weighted by Crippen LogP contribution is -2.10. The molecule has 0 aliphatic heterocycles. The fraction of sp³-hybridized carbons (Fsp3) is 0.200. The van der Waals surface area contributed by atoms with E-state index in [0.717, 1.165) is 28.1 Å². The smallest absolute Gasteiger partial charge is 0.163 e. The van der Waals surface area contributed by atoms with Crippen molar-refractivity contribution in [2.45, 2.75) is 26.2 Å². The fourth-order valence-electron chi connectivity index (χ4n) is 3.07. The van der Waals surface area contributed by atoms with Crippen LogP contribution in [0.4, 0.5) is 0 Å². The van der Waals surface area contributed by atoms with E-state index in [-0.39, 0.29) is 11.7 Å². The molecule has 0 spiro atoms. The molecule has 1 N–H and O–H groups in total. The van der Waals surface area contributed by atoms with E-state index in [4.69, 9.17) is 0 Å². The Balaban J connectivity index is 1.98. The Bertz CT molecular complexity index is 772. The number of hydrogen-bond acceptors (Lipinski definition) is 2. The van der Waals surface area contributed by atoms with Gasteiger partial charge in [-0.3, -0.25) is 9.89 Å². The lowest BCUT2D eigenvalue weighted by atomic mass is 9.84. The molecule has 3 nitrogen and oxygen atoms in total. The molecule has 1 aromatic heterocycles. The number of hydrogen-bond donors (Lipinski definition) is 1. The molecular weight excluding hydrogens is 284 g/mol. The molecule has 3 aromatic rings. The van der Waals surface area contributed by atoms with Gasteiger partial charge in [0.15, 0.2) is 5.78 Å². The third-order valence-electron chi connectivity index (χ3n) is 4.22. The number of aromatic nitrogens is 2. The number of ketones is 1. The highest BCUT2D eigenvalue weighted by molar-refractivity contribution is 5.96. The second-order valence-electron chi connectivity index (χ2n) is 5.80. The molecule has 0 fully saturated rings. The van der Waals surface area contributed by atoms with E-state index in [1.807, 2.05) is 62.4 Å². The molecule has 3 rings (SSSR count). The number of H-pyrrole nitrogens is 1. The quantitative estimate of drug-likeness (QED) is 0.709. The van der Waals surface area contributed by atoms with Gasteiger partial charge < -0.3 is 0 Å². The topological polar surface area (TPSA) is 45.8 Å². The van der Waals surface area contributed by atoms with Crippen molar-refractivity contribution in [3.8, 4) is 0 Å². The summed E-state index contributed by atoms with van der Waals surface area (Å²) in [5, 5.41) is 7.35. The summed E-state index contributed by atoms with van der Waals surface area (Å²) in [5.41, 5.74) is 5.01. The Morgan fingerprint density at radius 2 is 1.61 bits per heavy atom. The lowest BCUT2D eigenvalue weighted by Gasteiger charge is -2.18. The van der Waals surface area contributed by atoms with Crippen molar-refractivity contribution in [1.82, 2.24) is 10.2 Å². The Morgan fingerprint density at radius 1 is 1.00 bits per heavy atom. The lowest BCUT2D eigenvalue weighted by molar-refractivity contribution is 0.0977. The van der Waals surface area contributed by atoms with Crippen molar-refractivity contribution in [3.05, 3.63) is 88.7 Å². The van der Waals surface area contributed by atoms with Gasteiger partial charge in [0, 0.05) is 29.2 Å². The largest absolute Gasteiger partial charge is 0.294 e. The molecule has 1 heterocycles. The van der Waals surface area contributed by atoms with Crippen molar-refractivity contribution in [1.29, 1.82) is 0 Å². The van der Waals surface area contributed by atoms with Crippen LogP contribution in [0.3, 0.4) is 0 Å². The van der Waals surface area contributed by atoms with Crippen LogP contribution in [-0.4, -0.2) is 16.0 Å².